The molecule has 2 N–H and O–H groups in total. The van der Waals surface area contributed by atoms with E-state index in [1.165, 1.54) is 26.2 Å². The number of hydrogen-bond acceptors (Lipinski definition) is 4. The lowest BCUT2D eigenvalue weighted by Gasteiger charge is -2.12. The summed E-state index contributed by atoms with van der Waals surface area (Å²) in [5.74, 6) is -0.516. The second-order valence-electron chi connectivity index (χ2n) is 4.77. The zero-order valence-electron chi connectivity index (χ0n) is 12.7. The molecule has 0 atom stereocenters. The summed E-state index contributed by atoms with van der Waals surface area (Å²) in [6.07, 6.45) is 0.956. The first kappa shape index (κ1) is 18.0. The number of benzene rings is 1. The molecule has 1 aromatic rings. The molecule has 0 fully saturated rings. The van der Waals surface area contributed by atoms with Crippen LogP contribution < -0.4 is 10.0 Å². The van der Waals surface area contributed by atoms with Crippen molar-refractivity contribution < 1.29 is 17.5 Å². The molecule has 0 aliphatic rings. The maximum atomic E-state index is 13.9. The van der Waals surface area contributed by atoms with Crippen molar-refractivity contribution in [2.45, 2.75) is 31.7 Å². The number of methoxy groups -OCH3 is 1. The molecule has 1 aromatic carbocycles. The molecule has 0 saturated heterocycles. The fraction of sp³-hybridized carbons (Fsp3) is 0.571. The minimum absolute atomic E-state index is 0.0214. The Morgan fingerprint density at radius 2 is 2.00 bits per heavy atom. The van der Waals surface area contributed by atoms with Crippen molar-refractivity contribution in [2.75, 3.05) is 26.8 Å². The van der Waals surface area contributed by atoms with Crippen LogP contribution in [0.1, 0.15) is 24.5 Å². The molecular weight excluding hydrogens is 295 g/mol. The van der Waals surface area contributed by atoms with Crippen LogP contribution in [0, 0.1) is 12.7 Å². The molecule has 5 nitrogen and oxygen atoms in total. The second-order valence-corrected chi connectivity index (χ2v) is 6.50. The van der Waals surface area contributed by atoms with Crippen LogP contribution in [0.25, 0.3) is 0 Å². The van der Waals surface area contributed by atoms with Crippen LogP contribution in [0.15, 0.2) is 17.0 Å². The molecule has 0 saturated carbocycles. The van der Waals surface area contributed by atoms with E-state index in [0.717, 1.165) is 13.0 Å². The van der Waals surface area contributed by atoms with Crippen molar-refractivity contribution in [1.82, 2.24) is 10.0 Å². The van der Waals surface area contributed by atoms with Crippen molar-refractivity contribution in [1.29, 1.82) is 0 Å². The van der Waals surface area contributed by atoms with Crippen LogP contribution in [-0.2, 0) is 21.3 Å². The highest BCUT2D eigenvalue weighted by Gasteiger charge is 2.19. The lowest BCUT2D eigenvalue weighted by atomic mass is 10.1. The number of nitrogens with one attached hydrogen (secondary N) is 2. The summed E-state index contributed by atoms with van der Waals surface area (Å²) >= 11 is 0. The SMILES string of the molecule is CCCNCc1cc(F)c(C)c(S(=O)(=O)NCCOC)c1. The van der Waals surface area contributed by atoms with E-state index in [4.69, 9.17) is 4.74 Å². The Labute approximate surface area is 125 Å². The normalized spacial score (nSPS) is 11.8. The molecule has 0 aromatic heterocycles. The van der Waals surface area contributed by atoms with Crippen LogP contribution in [-0.4, -0.2) is 35.2 Å². The fourth-order valence-electron chi connectivity index (χ4n) is 1.85. The van der Waals surface area contributed by atoms with E-state index in [2.05, 4.69) is 10.0 Å². The van der Waals surface area contributed by atoms with Gasteiger partial charge < -0.3 is 10.1 Å². The Hall–Kier alpha value is -1.02. The number of rotatable bonds is 9. The van der Waals surface area contributed by atoms with E-state index >= 15 is 0 Å². The summed E-state index contributed by atoms with van der Waals surface area (Å²) < 4.78 is 45.5. The molecule has 1 rings (SSSR count). The molecule has 21 heavy (non-hydrogen) atoms. The number of halogens is 1. The number of hydrogen-bond donors (Lipinski definition) is 2. The molecular formula is C14H23FN2O3S. The smallest absolute Gasteiger partial charge is 0.241 e. The Bertz CT molecular complexity index is 562. The third-order valence-corrected chi connectivity index (χ3v) is 4.59. The molecule has 0 bridgehead atoms. The van der Waals surface area contributed by atoms with E-state index in [-0.39, 0.29) is 23.6 Å². The summed E-state index contributed by atoms with van der Waals surface area (Å²) in [4.78, 5) is -0.0214. The topological polar surface area (TPSA) is 67.4 Å². The van der Waals surface area contributed by atoms with Gasteiger partial charge in [-0.1, -0.05) is 6.92 Å². The molecule has 0 aliphatic carbocycles. The first-order valence-electron chi connectivity index (χ1n) is 6.90. The van der Waals surface area contributed by atoms with Gasteiger partial charge in [-0.2, -0.15) is 0 Å². The molecule has 0 heterocycles. The minimum Gasteiger partial charge on any atom is -0.383 e. The van der Waals surface area contributed by atoms with Crippen LogP contribution in [0.3, 0.4) is 0 Å². The van der Waals surface area contributed by atoms with E-state index < -0.39 is 15.8 Å². The van der Waals surface area contributed by atoms with Crippen LogP contribution >= 0.6 is 0 Å². The molecule has 7 heteroatoms. The van der Waals surface area contributed by atoms with E-state index in [1.54, 1.807) is 0 Å². The van der Waals surface area contributed by atoms with Gasteiger partial charge in [-0.05, 0) is 37.6 Å². The van der Waals surface area contributed by atoms with Gasteiger partial charge in [0.2, 0.25) is 10.0 Å². The highest BCUT2D eigenvalue weighted by atomic mass is 32.2. The fourth-order valence-corrected chi connectivity index (χ4v) is 3.17. The van der Waals surface area contributed by atoms with Gasteiger partial charge in [-0.3, -0.25) is 0 Å². The van der Waals surface area contributed by atoms with Crippen molar-refractivity contribution in [3.63, 3.8) is 0 Å². The summed E-state index contributed by atoms with van der Waals surface area (Å²) in [6, 6.07) is 2.88. The number of ether oxygens (including phenoxy) is 1. The van der Waals surface area contributed by atoms with Gasteiger partial charge in [0, 0.05) is 25.8 Å². The maximum Gasteiger partial charge on any atom is 0.241 e. The van der Waals surface area contributed by atoms with Crippen molar-refractivity contribution in [3.8, 4) is 0 Å². The predicted molar refractivity (Wildman–Crippen MR) is 80.2 cm³/mol. The highest BCUT2D eigenvalue weighted by molar-refractivity contribution is 7.89. The van der Waals surface area contributed by atoms with Gasteiger partial charge in [0.1, 0.15) is 5.82 Å². The molecule has 120 valence electrons. The maximum absolute atomic E-state index is 13.9. The van der Waals surface area contributed by atoms with E-state index in [9.17, 15) is 12.8 Å². The molecule has 0 radical (unpaired) electrons. The first-order valence-corrected chi connectivity index (χ1v) is 8.39. The molecule has 0 spiro atoms. The summed E-state index contributed by atoms with van der Waals surface area (Å²) in [5.41, 5.74) is 0.734. The second kappa shape index (κ2) is 8.43. The largest absolute Gasteiger partial charge is 0.383 e. The van der Waals surface area contributed by atoms with E-state index in [0.29, 0.717) is 12.1 Å². The van der Waals surface area contributed by atoms with Crippen LogP contribution in [0.2, 0.25) is 0 Å². The minimum atomic E-state index is -3.74. The van der Waals surface area contributed by atoms with Gasteiger partial charge in [-0.15, -0.1) is 0 Å². The van der Waals surface area contributed by atoms with Gasteiger partial charge in [0.05, 0.1) is 11.5 Å². The third kappa shape index (κ3) is 5.35. The Balaban J connectivity index is 2.99. The third-order valence-electron chi connectivity index (χ3n) is 3.00. The summed E-state index contributed by atoms with van der Waals surface area (Å²) in [6.45, 7) is 5.13. The average Bonchev–Trinajstić information content (AvgIpc) is 2.42. The van der Waals surface area contributed by atoms with Crippen molar-refractivity contribution in [3.05, 3.63) is 29.1 Å². The lowest BCUT2D eigenvalue weighted by molar-refractivity contribution is 0.204. The standard InChI is InChI=1S/C14H23FN2O3S/c1-4-5-16-10-12-8-13(15)11(2)14(9-12)21(18,19)17-6-7-20-3/h8-9,16-17H,4-7,10H2,1-3H3. The monoisotopic (exact) mass is 318 g/mol. The molecule has 0 unspecified atom stereocenters. The first-order chi connectivity index (χ1) is 9.92. The predicted octanol–water partition coefficient (Wildman–Crippen LogP) is 1.56. The molecule has 0 amide bonds. The zero-order chi connectivity index (χ0) is 15.9. The lowest BCUT2D eigenvalue weighted by Crippen LogP contribution is -2.28. The van der Waals surface area contributed by atoms with Gasteiger partial charge in [0.15, 0.2) is 0 Å². The van der Waals surface area contributed by atoms with E-state index in [1.807, 2.05) is 6.92 Å². The Kier molecular flexibility index (Phi) is 7.24. The van der Waals surface area contributed by atoms with Crippen LogP contribution in [0.5, 0.6) is 0 Å². The molecule has 0 aliphatic heterocycles. The Morgan fingerprint density at radius 1 is 1.29 bits per heavy atom. The quantitative estimate of drug-likeness (QED) is 0.678. The zero-order valence-corrected chi connectivity index (χ0v) is 13.5. The average molecular weight is 318 g/mol. The van der Waals surface area contributed by atoms with Crippen LogP contribution in [0.4, 0.5) is 4.39 Å². The summed E-state index contributed by atoms with van der Waals surface area (Å²) in [7, 11) is -2.25. The van der Waals surface area contributed by atoms with Gasteiger partial charge in [0.25, 0.3) is 0 Å². The summed E-state index contributed by atoms with van der Waals surface area (Å²) in [5, 5.41) is 3.13. The van der Waals surface area contributed by atoms with Crippen molar-refractivity contribution in [2.24, 2.45) is 0 Å². The van der Waals surface area contributed by atoms with Gasteiger partial charge in [-0.25, -0.2) is 17.5 Å². The highest BCUT2D eigenvalue weighted by Crippen LogP contribution is 2.20. The Morgan fingerprint density at radius 3 is 2.62 bits per heavy atom. The van der Waals surface area contributed by atoms with Gasteiger partial charge >= 0.3 is 0 Å². The number of sulfonamides is 1. The van der Waals surface area contributed by atoms with Crippen molar-refractivity contribution >= 4 is 10.0 Å².